The molecule has 0 spiro atoms. The maximum absolute atomic E-state index is 13.7. The smallest absolute Gasteiger partial charge is 0.190 e. The summed E-state index contributed by atoms with van der Waals surface area (Å²) >= 11 is 1.32. The minimum atomic E-state index is -0.748. The van der Waals surface area contributed by atoms with E-state index in [0.29, 0.717) is 11.5 Å². The first-order chi connectivity index (χ1) is 11.7. The highest BCUT2D eigenvalue weighted by Gasteiger charge is 2.58. The molecule has 0 radical (unpaired) electrons. The van der Waals surface area contributed by atoms with E-state index in [-0.39, 0.29) is 18.5 Å². The zero-order chi connectivity index (χ0) is 17.8. The van der Waals surface area contributed by atoms with Crippen LogP contribution in [0.25, 0.3) is 0 Å². The first-order valence-electron chi connectivity index (χ1n) is 8.40. The fourth-order valence-electron chi connectivity index (χ4n) is 3.47. The molecule has 25 heavy (non-hydrogen) atoms. The van der Waals surface area contributed by atoms with Gasteiger partial charge in [-0.1, -0.05) is 0 Å². The molecule has 3 saturated heterocycles. The summed E-state index contributed by atoms with van der Waals surface area (Å²) in [7, 11) is 0. The number of ether oxygens (including phenoxy) is 6. The van der Waals surface area contributed by atoms with Crippen molar-refractivity contribution in [1.29, 1.82) is 0 Å². The summed E-state index contributed by atoms with van der Waals surface area (Å²) in [6.45, 7) is 7.92. The van der Waals surface area contributed by atoms with E-state index in [1.807, 2.05) is 27.7 Å². The highest BCUT2D eigenvalue weighted by atomic mass is 32.1. The second kappa shape index (κ2) is 6.23. The Morgan fingerprint density at radius 2 is 1.96 bits per heavy atom. The Morgan fingerprint density at radius 1 is 1.16 bits per heavy atom. The molecule has 0 amide bonds. The van der Waals surface area contributed by atoms with Crippen LogP contribution in [0.2, 0.25) is 0 Å². The highest BCUT2D eigenvalue weighted by Crippen LogP contribution is 2.42. The molecule has 4 rings (SSSR count). The Balaban J connectivity index is 1.51. The van der Waals surface area contributed by atoms with E-state index in [4.69, 9.17) is 28.4 Å². The molecule has 0 saturated carbocycles. The van der Waals surface area contributed by atoms with Gasteiger partial charge in [0.25, 0.3) is 0 Å². The van der Waals surface area contributed by atoms with Crippen molar-refractivity contribution in [2.24, 2.45) is 0 Å². The second-order valence-electron chi connectivity index (χ2n) is 7.40. The Kier molecular flexibility index (Phi) is 4.43. The third kappa shape index (κ3) is 3.49. The number of rotatable bonds is 4. The average molecular weight is 374 g/mol. The molecule has 0 bridgehead atoms. The van der Waals surface area contributed by atoms with Gasteiger partial charge in [-0.05, 0) is 39.1 Å². The van der Waals surface area contributed by atoms with Gasteiger partial charge in [0.05, 0.1) is 18.1 Å². The number of fused-ring (bicyclic) bond motifs is 1. The molecular formula is C17H23FO6S. The van der Waals surface area contributed by atoms with Crippen molar-refractivity contribution in [3.05, 3.63) is 22.1 Å². The van der Waals surface area contributed by atoms with Gasteiger partial charge in [0.2, 0.25) is 0 Å². The summed E-state index contributed by atoms with van der Waals surface area (Å²) in [5, 5.41) is 1.70. The van der Waals surface area contributed by atoms with Gasteiger partial charge in [-0.25, -0.2) is 4.39 Å². The molecule has 4 heterocycles. The van der Waals surface area contributed by atoms with E-state index in [9.17, 15) is 4.39 Å². The van der Waals surface area contributed by atoms with Gasteiger partial charge >= 0.3 is 0 Å². The molecule has 0 aliphatic carbocycles. The van der Waals surface area contributed by atoms with Crippen LogP contribution in [0.5, 0.6) is 0 Å². The van der Waals surface area contributed by atoms with E-state index in [1.54, 1.807) is 5.38 Å². The Morgan fingerprint density at radius 3 is 2.60 bits per heavy atom. The minimum Gasteiger partial charge on any atom is -0.367 e. The molecule has 5 atom stereocenters. The van der Waals surface area contributed by atoms with Crippen LogP contribution in [0.3, 0.4) is 0 Å². The van der Waals surface area contributed by atoms with Gasteiger partial charge in [0.1, 0.15) is 30.2 Å². The zero-order valence-electron chi connectivity index (χ0n) is 14.7. The number of thiophene rings is 1. The van der Waals surface area contributed by atoms with Crippen LogP contribution < -0.4 is 0 Å². The van der Waals surface area contributed by atoms with Gasteiger partial charge in [0, 0.05) is 0 Å². The van der Waals surface area contributed by atoms with Crippen LogP contribution in [0.4, 0.5) is 4.39 Å². The zero-order valence-corrected chi connectivity index (χ0v) is 15.5. The molecule has 140 valence electrons. The lowest BCUT2D eigenvalue weighted by Gasteiger charge is -2.29. The molecule has 3 fully saturated rings. The fraction of sp³-hybridized carbons (Fsp3) is 0.765. The Bertz CT molecular complexity index is 632. The average Bonchev–Trinajstić information content (AvgIpc) is 3.21. The summed E-state index contributed by atoms with van der Waals surface area (Å²) in [4.78, 5) is 0.546. The first-order valence-corrected chi connectivity index (χ1v) is 9.28. The van der Waals surface area contributed by atoms with Gasteiger partial charge in [-0.15, -0.1) is 11.3 Å². The van der Waals surface area contributed by atoms with Crippen molar-refractivity contribution >= 4 is 11.3 Å². The van der Waals surface area contributed by atoms with E-state index in [1.165, 1.54) is 17.4 Å². The normalized spacial score (nSPS) is 39.0. The number of hydrogen-bond acceptors (Lipinski definition) is 7. The summed E-state index contributed by atoms with van der Waals surface area (Å²) < 4.78 is 49.2. The quantitative estimate of drug-likeness (QED) is 0.808. The van der Waals surface area contributed by atoms with Crippen LogP contribution in [0, 0.1) is 5.82 Å². The maximum atomic E-state index is 13.7. The molecule has 0 aromatic carbocycles. The van der Waals surface area contributed by atoms with Crippen LogP contribution in [-0.4, -0.2) is 48.9 Å². The van der Waals surface area contributed by atoms with Crippen LogP contribution in [0.15, 0.2) is 11.4 Å². The molecule has 6 nitrogen and oxygen atoms in total. The van der Waals surface area contributed by atoms with Crippen molar-refractivity contribution in [2.45, 2.75) is 76.6 Å². The van der Waals surface area contributed by atoms with Gasteiger partial charge in [-0.3, -0.25) is 0 Å². The SMILES string of the molecule is CC1(C)O[C@H]2O[C@H]([C@H]3COC(C)(C)O3)[C@H](OCc3sccc3F)[C@H]2O1. The predicted octanol–water partition coefficient (Wildman–Crippen LogP) is 2.80. The van der Waals surface area contributed by atoms with E-state index in [2.05, 4.69) is 0 Å². The highest BCUT2D eigenvalue weighted by molar-refractivity contribution is 7.09. The number of hydrogen-bond donors (Lipinski definition) is 0. The summed E-state index contributed by atoms with van der Waals surface area (Å²) in [5.41, 5.74) is 0. The van der Waals surface area contributed by atoms with Crippen molar-refractivity contribution in [3.63, 3.8) is 0 Å². The third-order valence-corrected chi connectivity index (χ3v) is 5.39. The monoisotopic (exact) mass is 374 g/mol. The molecule has 0 unspecified atom stereocenters. The second-order valence-corrected chi connectivity index (χ2v) is 8.40. The lowest BCUT2D eigenvalue weighted by atomic mass is 10.1. The predicted molar refractivity (Wildman–Crippen MR) is 86.5 cm³/mol. The fourth-order valence-corrected chi connectivity index (χ4v) is 4.14. The maximum Gasteiger partial charge on any atom is 0.190 e. The lowest BCUT2D eigenvalue weighted by molar-refractivity contribution is -0.236. The molecule has 0 N–H and O–H groups in total. The molecular weight excluding hydrogens is 351 g/mol. The standard InChI is InChI=1S/C17H23FO6S/c1-16(2)20-7-10(22-16)12-13(19-8-11-9(18)5-6-25-11)14-15(21-12)24-17(3,4)23-14/h5-6,10,12-15H,7-8H2,1-4H3/t10-,12-,13+,14-,15-/m1/s1. The Hall–Kier alpha value is -0.610. The summed E-state index contributed by atoms with van der Waals surface area (Å²) in [6, 6.07) is 1.43. The lowest BCUT2D eigenvalue weighted by Crippen LogP contribution is -2.44. The van der Waals surface area contributed by atoms with Crippen LogP contribution in [0.1, 0.15) is 32.6 Å². The Labute approximate surface area is 150 Å². The molecule has 1 aromatic heterocycles. The van der Waals surface area contributed by atoms with E-state index >= 15 is 0 Å². The van der Waals surface area contributed by atoms with E-state index in [0.717, 1.165) is 0 Å². The van der Waals surface area contributed by atoms with Crippen LogP contribution >= 0.6 is 11.3 Å². The van der Waals surface area contributed by atoms with Gasteiger partial charge in [0.15, 0.2) is 17.9 Å². The van der Waals surface area contributed by atoms with Gasteiger partial charge in [-0.2, -0.15) is 0 Å². The topological polar surface area (TPSA) is 55.4 Å². The number of halogens is 1. The minimum absolute atomic E-state index is 0.151. The van der Waals surface area contributed by atoms with E-state index < -0.39 is 36.2 Å². The van der Waals surface area contributed by atoms with Crippen molar-refractivity contribution in [3.8, 4) is 0 Å². The largest absolute Gasteiger partial charge is 0.367 e. The third-order valence-electron chi connectivity index (χ3n) is 4.52. The van der Waals surface area contributed by atoms with Crippen LogP contribution in [-0.2, 0) is 35.0 Å². The summed E-state index contributed by atoms with van der Waals surface area (Å²) in [5.74, 6) is -1.68. The molecule has 1 aromatic rings. The molecule has 3 aliphatic heterocycles. The molecule has 3 aliphatic rings. The first kappa shape index (κ1) is 17.8. The van der Waals surface area contributed by atoms with Gasteiger partial charge < -0.3 is 28.4 Å². The van der Waals surface area contributed by atoms with Crippen molar-refractivity contribution < 1.29 is 32.8 Å². The summed E-state index contributed by atoms with van der Waals surface area (Å²) in [6.07, 6.45) is -2.07. The van der Waals surface area contributed by atoms with Crippen molar-refractivity contribution in [2.75, 3.05) is 6.61 Å². The molecule has 8 heteroatoms. The van der Waals surface area contributed by atoms with Crippen molar-refractivity contribution in [1.82, 2.24) is 0 Å².